The smallest absolute Gasteiger partial charge is 0.000718 e. The first-order chi connectivity index (χ1) is 29.7. The maximum Gasteiger partial charge on any atom is -0.000718 e. The minimum atomic E-state index is 1.09. The van der Waals surface area contributed by atoms with Crippen LogP contribution in [0.15, 0.2) is 169 Å². The molecule has 0 N–H and O–H groups in total. The molecule has 7 aromatic carbocycles. The minimum Gasteiger partial charge on any atom is -0.0839 e. The first-order valence-electron chi connectivity index (χ1n) is 22.3. The molecular formula is C60H46. The molecular weight excluding hydrogens is 721 g/mol. The molecule has 0 bridgehead atoms. The first-order valence-corrected chi connectivity index (χ1v) is 22.3. The lowest BCUT2D eigenvalue weighted by atomic mass is 9.94. The van der Waals surface area contributed by atoms with Crippen molar-refractivity contribution in [2.75, 3.05) is 0 Å². The van der Waals surface area contributed by atoms with Gasteiger partial charge >= 0.3 is 0 Å². The number of rotatable bonds is 0. The summed E-state index contributed by atoms with van der Waals surface area (Å²) in [5, 5.41) is 0. The first kappa shape index (κ1) is 34.4. The van der Waals surface area contributed by atoms with Gasteiger partial charge in [-0.05, 0) is 210 Å². The summed E-state index contributed by atoms with van der Waals surface area (Å²) in [5.41, 5.74) is 36.2. The molecule has 0 amide bonds. The topological polar surface area (TPSA) is 0 Å². The Bertz CT molecular complexity index is 3130. The fraction of sp³-hybridized carbons (Fsp3) is 0.167. The normalized spacial score (nSPS) is 16.4. The zero-order chi connectivity index (χ0) is 39.3. The molecule has 0 radical (unpaired) electrons. The second-order valence-corrected chi connectivity index (χ2v) is 18.0. The van der Waals surface area contributed by atoms with Crippen molar-refractivity contribution in [3.63, 3.8) is 0 Å². The fourth-order valence-electron chi connectivity index (χ4n) is 12.0. The standard InChI is InChI=1S/C20H14.2C20H16/c1-3-7-16-14(6-1)12-19-18(16)10-9-15-11-13-5-2-4-8-17(13)20(15)19;1-3-7-17-13(5-1)9-15-11-20-16(12-19(15)17)10-14-6-2-4-8-18(14)20;1-3-7-17-13(5-1)9-15-11-16-10-14-6-2-4-8-18(14)20(16)12-19(15)17/h1-10H,11-12H2;2*1-3,5-7,11-12H,4,8-10H2. The summed E-state index contributed by atoms with van der Waals surface area (Å²) < 4.78 is 0. The number of hydrogen-bond acceptors (Lipinski definition) is 0. The van der Waals surface area contributed by atoms with E-state index in [-0.39, 0.29) is 0 Å². The number of fused-ring (bicyclic) bond motifs is 17. The Morgan fingerprint density at radius 2 is 0.733 bits per heavy atom. The summed E-state index contributed by atoms with van der Waals surface area (Å²) >= 11 is 0. The second-order valence-electron chi connectivity index (χ2n) is 18.0. The predicted octanol–water partition coefficient (Wildman–Crippen LogP) is 14.7. The third-order valence-electron chi connectivity index (χ3n) is 14.7. The summed E-state index contributed by atoms with van der Waals surface area (Å²) in [6, 6.07) is 50.0. The van der Waals surface area contributed by atoms with Gasteiger partial charge in [0.05, 0.1) is 0 Å². The van der Waals surface area contributed by atoms with E-state index in [1.165, 1.54) is 131 Å². The maximum absolute atomic E-state index is 2.48. The Labute approximate surface area is 354 Å². The van der Waals surface area contributed by atoms with Gasteiger partial charge in [0.2, 0.25) is 0 Å². The molecule has 0 nitrogen and oxygen atoms in total. The van der Waals surface area contributed by atoms with Gasteiger partial charge in [0.1, 0.15) is 0 Å². The molecule has 0 aliphatic heterocycles. The van der Waals surface area contributed by atoms with Gasteiger partial charge in [-0.2, -0.15) is 0 Å². The van der Waals surface area contributed by atoms with Crippen LogP contribution in [0, 0.1) is 0 Å². The van der Waals surface area contributed by atoms with Gasteiger partial charge in [0.15, 0.2) is 0 Å². The Hall–Kier alpha value is -6.50. The van der Waals surface area contributed by atoms with E-state index >= 15 is 0 Å². The van der Waals surface area contributed by atoms with Crippen molar-refractivity contribution >= 4 is 11.1 Å². The van der Waals surface area contributed by atoms with Gasteiger partial charge in [-0.1, -0.05) is 146 Å². The molecule has 0 saturated heterocycles. The molecule has 7 aromatic rings. The van der Waals surface area contributed by atoms with Crippen molar-refractivity contribution in [1.82, 2.24) is 0 Å². The van der Waals surface area contributed by atoms with Crippen LogP contribution >= 0.6 is 0 Å². The number of benzene rings is 7. The summed E-state index contributed by atoms with van der Waals surface area (Å²) in [7, 11) is 0. The lowest BCUT2D eigenvalue weighted by molar-refractivity contribution is 1.04. The Kier molecular flexibility index (Phi) is 7.74. The molecule has 0 unspecified atom stereocenters. The van der Waals surface area contributed by atoms with Gasteiger partial charge in [-0.15, -0.1) is 0 Å². The second kappa shape index (κ2) is 13.5. The van der Waals surface area contributed by atoms with Crippen molar-refractivity contribution in [3.8, 4) is 44.5 Å². The molecule has 0 spiro atoms. The Balaban J connectivity index is 0.0000000926. The van der Waals surface area contributed by atoms with Gasteiger partial charge in [0.25, 0.3) is 0 Å². The van der Waals surface area contributed by atoms with Crippen molar-refractivity contribution in [2.24, 2.45) is 0 Å². The molecule has 0 aromatic heterocycles. The molecule has 0 heteroatoms. The lowest BCUT2D eigenvalue weighted by Crippen LogP contribution is -1.90. The van der Waals surface area contributed by atoms with E-state index in [1.54, 1.807) is 27.9 Å². The highest BCUT2D eigenvalue weighted by atomic mass is 14.3. The zero-order valence-electron chi connectivity index (χ0n) is 34.1. The van der Waals surface area contributed by atoms with Gasteiger partial charge in [-0.3, -0.25) is 0 Å². The van der Waals surface area contributed by atoms with Gasteiger partial charge in [-0.25, -0.2) is 0 Å². The van der Waals surface area contributed by atoms with Crippen LogP contribution in [-0.2, 0) is 38.5 Å². The van der Waals surface area contributed by atoms with Crippen molar-refractivity contribution in [3.05, 3.63) is 236 Å². The van der Waals surface area contributed by atoms with Gasteiger partial charge < -0.3 is 0 Å². The van der Waals surface area contributed by atoms with Crippen molar-refractivity contribution < 1.29 is 0 Å². The molecule has 8 aliphatic rings. The Morgan fingerprint density at radius 1 is 0.283 bits per heavy atom. The predicted molar refractivity (Wildman–Crippen MR) is 250 cm³/mol. The molecule has 8 aliphatic carbocycles. The van der Waals surface area contributed by atoms with E-state index in [0.29, 0.717) is 0 Å². The number of hydrogen-bond donors (Lipinski definition) is 0. The van der Waals surface area contributed by atoms with Crippen LogP contribution in [0.4, 0.5) is 0 Å². The van der Waals surface area contributed by atoms with E-state index in [2.05, 4.69) is 158 Å². The molecule has 286 valence electrons. The van der Waals surface area contributed by atoms with Crippen LogP contribution in [0.3, 0.4) is 0 Å². The average Bonchev–Trinajstić information content (AvgIpc) is 4.15. The van der Waals surface area contributed by atoms with Crippen molar-refractivity contribution in [1.29, 1.82) is 0 Å². The highest BCUT2D eigenvalue weighted by molar-refractivity contribution is 5.90. The van der Waals surface area contributed by atoms with E-state index in [4.69, 9.17) is 0 Å². The largest absolute Gasteiger partial charge is 0.0839 e. The van der Waals surface area contributed by atoms with Gasteiger partial charge in [0, 0.05) is 0 Å². The third-order valence-corrected chi connectivity index (χ3v) is 14.7. The summed E-state index contributed by atoms with van der Waals surface area (Å²) in [5.74, 6) is 0. The molecule has 60 heavy (non-hydrogen) atoms. The fourth-order valence-corrected chi connectivity index (χ4v) is 12.0. The lowest BCUT2D eigenvalue weighted by Gasteiger charge is -2.11. The van der Waals surface area contributed by atoms with E-state index in [0.717, 1.165) is 38.5 Å². The molecule has 0 fully saturated rings. The van der Waals surface area contributed by atoms with E-state index in [1.807, 2.05) is 0 Å². The van der Waals surface area contributed by atoms with Crippen LogP contribution in [0.5, 0.6) is 0 Å². The Morgan fingerprint density at radius 3 is 1.38 bits per heavy atom. The summed E-state index contributed by atoms with van der Waals surface area (Å²) in [4.78, 5) is 0. The van der Waals surface area contributed by atoms with Crippen molar-refractivity contribution in [2.45, 2.75) is 64.2 Å². The molecule has 0 heterocycles. The highest BCUT2D eigenvalue weighted by Gasteiger charge is 2.30. The summed E-state index contributed by atoms with van der Waals surface area (Å²) in [6.07, 6.45) is 20.9. The van der Waals surface area contributed by atoms with Crippen LogP contribution in [-0.4, -0.2) is 0 Å². The monoisotopic (exact) mass is 766 g/mol. The molecule has 15 rings (SSSR count). The SMILES string of the molecule is C1=CC2=C(CC1)c1cc3c(cc1C2)-c1ccccc1C3.C1=CC2=C(CC1)c1cc3c(cc1C2)Cc1ccccc1-3.c1ccc2c(c1)Cc1c-2ccc2c1-c1ccccc1C2. The molecule has 0 saturated carbocycles. The maximum atomic E-state index is 2.48. The van der Waals surface area contributed by atoms with Crippen LogP contribution < -0.4 is 0 Å². The third kappa shape index (κ3) is 5.36. The van der Waals surface area contributed by atoms with Crippen LogP contribution in [0.2, 0.25) is 0 Å². The molecule has 0 atom stereocenters. The van der Waals surface area contributed by atoms with E-state index < -0.39 is 0 Å². The average molecular weight is 767 g/mol. The zero-order valence-corrected chi connectivity index (χ0v) is 34.1. The van der Waals surface area contributed by atoms with Crippen LogP contribution in [0.1, 0.15) is 92.4 Å². The minimum absolute atomic E-state index is 1.09. The van der Waals surface area contributed by atoms with E-state index in [9.17, 15) is 0 Å². The number of allylic oxidation sites excluding steroid dienone is 8. The summed E-state index contributed by atoms with van der Waals surface area (Å²) in [6.45, 7) is 0. The quantitative estimate of drug-likeness (QED) is 0.144. The van der Waals surface area contributed by atoms with Crippen LogP contribution in [0.25, 0.3) is 55.7 Å². The highest BCUT2D eigenvalue weighted by Crippen LogP contribution is 2.49.